The number of amides is 4. The summed E-state index contributed by atoms with van der Waals surface area (Å²) in [7, 11) is 2.75. The van der Waals surface area contributed by atoms with Gasteiger partial charge in [0.25, 0.3) is 5.91 Å². The quantitative estimate of drug-likeness (QED) is 0.492. The first-order valence-corrected chi connectivity index (χ1v) is 10.1. The van der Waals surface area contributed by atoms with Crippen molar-refractivity contribution in [2.45, 2.75) is 50.6 Å². The van der Waals surface area contributed by atoms with Gasteiger partial charge in [-0.1, -0.05) is 18.9 Å². The van der Waals surface area contributed by atoms with Gasteiger partial charge < -0.3 is 20.1 Å². The highest BCUT2D eigenvalue weighted by molar-refractivity contribution is 6.07. The fourth-order valence-corrected chi connectivity index (χ4v) is 4.02. The second kappa shape index (κ2) is 9.15. The van der Waals surface area contributed by atoms with E-state index in [2.05, 4.69) is 10.6 Å². The van der Waals surface area contributed by atoms with E-state index in [-0.39, 0.29) is 42.9 Å². The predicted octanol–water partition coefficient (Wildman–Crippen LogP) is 1.74. The van der Waals surface area contributed by atoms with Crippen molar-refractivity contribution in [1.29, 1.82) is 0 Å². The van der Waals surface area contributed by atoms with E-state index in [1.54, 1.807) is 18.2 Å². The van der Waals surface area contributed by atoms with Gasteiger partial charge in [0.15, 0.2) is 0 Å². The SMILES string of the molecule is COC(=O)c1cc(CNC(=O)CCCN2C(=O)NC3(CCCC3)C2=O)ccc1OC. The van der Waals surface area contributed by atoms with E-state index >= 15 is 0 Å². The number of hydrogen-bond donors (Lipinski definition) is 2. The number of imide groups is 1. The van der Waals surface area contributed by atoms with Crippen LogP contribution in [0.4, 0.5) is 4.79 Å². The second-order valence-electron chi connectivity index (χ2n) is 7.58. The number of benzene rings is 1. The van der Waals surface area contributed by atoms with Crippen LogP contribution in [-0.2, 0) is 20.9 Å². The van der Waals surface area contributed by atoms with Crippen molar-refractivity contribution in [3.8, 4) is 5.75 Å². The average molecular weight is 417 g/mol. The minimum Gasteiger partial charge on any atom is -0.496 e. The number of hydrogen-bond acceptors (Lipinski definition) is 6. The summed E-state index contributed by atoms with van der Waals surface area (Å²) in [6.07, 6.45) is 3.81. The lowest BCUT2D eigenvalue weighted by Crippen LogP contribution is -2.44. The highest BCUT2D eigenvalue weighted by atomic mass is 16.5. The number of methoxy groups -OCH3 is 2. The van der Waals surface area contributed by atoms with Crippen LogP contribution in [0.3, 0.4) is 0 Å². The summed E-state index contributed by atoms with van der Waals surface area (Å²) in [5.41, 5.74) is 0.290. The zero-order valence-corrected chi connectivity index (χ0v) is 17.3. The Morgan fingerprint density at radius 3 is 2.60 bits per heavy atom. The van der Waals surface area contributed by atoms with Crippen molar-refractivity contribution in [3.63, 3.8) is 0 Å². The molecule has 2 N–H and O–H groups in total. The molecule has 2 fully saturated rings. The maximum Gasteiger partial charge on any atom is 0.341 e. The topological polar surface area (TPSA) is 114 Å². The van der Waals surface area contributed by atoms with Crippen LogP contribution in [0.1, 0.15) is 54.4 Å². The van der Waals surface area contributed by atoms with E-state index in [0.29, 0.717) is 25.0 Å². The summed E-state index contributed by atoms with van der Waals surface area (Å²) in [5.74, 6) is -0.494. The summed E-state index contributed by atoms with van der Waals surface area (Å²) >= 11 is 0. The van der Waals surface area contributed by atoms with Gasteiger partial charge in [-0.25, -0.2) is 9.59 Å². The number of ether oxygens (including phenoxy) is 2. The second-order valence-corrected chi connectivity index (χ2v) is 7.58. The minimum absolute atomic E-state index is 0.168. The molecule has 9 nitrogen and oxygen atoms in total. The highest BCUT2D eigenvalue weighted by Crippen LogP contribution is 2.35. The Kier molecular flexibility index (Phi) is 6.59. The van der Waals surface area contributed by atoms with Gasteiger partial charge in [0.05, 0.1) is 14.2 Å². The number of carbonyl (C=O) groups excluding carboxylic acids is 4. The van der Waals surface area contributed by atoms with Crippen molar-refractivity contribution in [3.05, 3.63) is 29.3 Å². The maximum absolute atomic E-state index is 12.6. The van der Waals surface area contributed by atoms with Gasteiger partial charge in [0.1, 0.15) is 16.9 Å². The van der Waals surface area contributed by atoms with Crippen molar-refractivity contribution < 1.29 is 28.7 Å². The summed E-state index contributed by atoms with van der Waals surface area (Å²) < 4.78 is 9.89. The molecule has 1 spiro atoms. The van der Waals surface area contributed by atoms with Crippen LogP contribution < -0.4 is 15.4 Å². The van der Waals surface area contributed by atoms with Crippen LogP contribution in [0.2, 0.25) is 0 Å². The van der Waals surface area contributed by atoms with Crippen LogP contribution in [-0.4, -0.2) is 55.0 Å². The molecular weight excluding hydrogens is 390 g/mol. The molecule has 0 radical (unpaired) electrons. The number of esters is 1. The van der Waals surface area contributed by atoms with Crippen LogP contribution in [0, 0.1) is 0 Å². The van der Waals surface area contributed by atoms with Crippen molar-refractivity contribution in [2.24, 2.45) is 0 Å². The van der Waals surface area contributed by atoms with Gasteiger partial charge in [0, 0.05) is 19.5 Å². The Labute approximate surface area is 175 Å². The summed E-state index contributed by atoms with van der Waals surface area (Å²) in [6.45, 7) is 0.452. The average Bonchev–Trinajstić information content (AvgIpc) is 3.31. The molecule has 1 aromatic carbocycles. The number of nitrogens with zero attached hydrogens (tertiary/aromatic N) is 1. The minimum atomic E-state index is -0.717. The molecule has 1 aromatic rings. The van der Waals surface area contributed by atoms with E-state index in [4.69, 9.17) is 9.47 Å². The van der Waals surface area contributed by atoms with Crippen LogP contribution in [0.5, 0.6) is 5.75 Å². The van der Waals surface area contributed by atoms with E-state index in [9.17, 15) is 19.2 Å². The van der Waals surface area contributed by atoms with Crippen molar-refractivity contribution >= 4 is 23.8 Å². The first-order chi connectivity index (χ1) is 14.4. The molecule has 9 heteroatoms. The Bertz CT molecular complexity index is 847. The predicted molar refractivity (Wildman–Crippen MR) is 107 cm³/mol. The van der Waals surface area contributed by atoms with Crippen LogP contribution in [0.25, 0.3) is 0 Å². The molecule has 0 atom stereocenters. The monoisotopic (exact) mass is 417 g/mol. The number of nitrogens with one attached hydrogen (secondary N) is 2. The molecule has 2 aliphatic rings. The Morgan fingerprint density at radius 1 is 1.20 bits per heavy atom. The number of rotatable bonds is 8. The highest BCUT2D eigenvalue weighted by Gasteiger charge is 2.52. The maximum atomic E-state index is 12.6. The lowest BCUT2D eigenvalue weighted by molar-refractivity contribution is -0.131. The summed E-state index contributed by atoms with van der Waals surface area (Å²) in [6, 6.07) is 4.64. The Balaban J connectivity index is 1.47. The Hall–Kier alpha value is -3.10. The van der Waals surface area contributed by atoms with Crippen LogP contribution in [0.15, 0.2) is 18.2 Å². The molecule has 3 rings (SSSR count). The molecule has 0 bridgehead atoms. The number of urea groups is 1. The van der Waals surface area contributed by atoms with Gasteiger partial charge in [-0.05, 0) is 37.0 Å². The van der Waals surface area contributed by atoms with Gasteiger partial charge in [-0.15, -0.1) is 0 Å². The summed E-state index contributed by atoms with van der Waals surface area (Å²) in [5, 5.41) is 5.61. The third-order valence-corrected chi connectivity index (χ3v) is 5.65. The van der Waals surface area contributed by atoms with Gasteiger partial charge in [-0.3, -0.25) is 14.5 Å². The zero-order valence-electron chi connectivity index (χ0n) is 17.3. The molecule has 0 aromatic heterocycles. The van der Waals surface area contributed by atoms with Crippen molar-refractivity contribution in [2.75, 3.05) is 20.8 Å². The van der Waals surface area contributed by atoms with Crippen LogP contribution >= 0.6 is 0 Å². The standard InChI is InChI=1S/C21H27N3O6/c1-29-16-8-7-14(12-15(16)18(26)30-2)13-22-17(25)6-5-11-24-19(27)21(23-20(24)28)9-3-4-10-21/h7-8,12H,3-6,9-11,13H2,1-2H3,(H,22,25)(H,23,28). The molecule has 1 heterocycles. The molecule has 30 heavy (non-hydrogen) atoms. The normalized spacial score (nSPS) is 17.2. The lowest BCUT2D eigenvalue weighted by Gasteiger charge is -2.19. The molecule has 1 saturated carbocycles. The lowest BCUT2D eigenvalue weighted by atomic mass is 9.98. The molecule has 0 unspecified atom stereocenters. The zero-order chi connectivity index (χ0) is 21.7. The third-order valence-electron chi connectivity index (χ3n) is 5.65. The Morgan fingerprint density at radius 2 is 1.93 bits per heavy atom. The van der Waals surface area contributed by atoms with Gasteiger partial charge in [0.2, 0.25) is 5.91 Å². The molecule has 162 valence electrons. The smallest absolute Gasteiger partial charge is 0.341 e. The first kappa shape index (κ1) is 21.6. The van der Waals surface area contributed by atoms with Gasteiger partial charge in [-0.2, -0.15) is 0 Å². The fraction of sp³-hybridized carbons (Fsp3) is 0.524. The fourth-order valence-electron chi connectivity index (χ4n) is 4.02. The van der Waals surface area contributed by atoms with E-state index in [0.717, 1.165) is 18.4 Å². The molecule has 1 aliphatic heterocycles. The number of carbonyl (C=O) groups is 4. The molecule has 4 amide bonds. The van der Waals surface area contributed by atoms with E-state index in [1.165, 1.54) is 19.1 Å². The molecule has 1 saturated heterocycles. The van der Waals surface area contributed by atoms with E-state index < -0.39 is 11.5 Å². The largest absolute Gasteiger partial charge is 0.496 e. The summed E-state index contributed by atoms with van der Waals surface area (Å²) in [4.78, 5) is 50.0. The van der Waals surface area contributed by atoms with Gasteiger partial charge >= 0.3 is 12.0 Å². The molecular formula is C21H27N3O6. The third kappa shape index (κ3) is 4.39. The van der Waals surface area contributed by atoms with Crippen molar-refractivity contribution in [1.82, 2.24) is 15.5 Å². The molecule has 1 aliphatic carbocycles. The van der Waals surface area contributed by atoms with E-state index in [1.807, 2.05) is 0 Å². The first-order valence-electron chi connectivity index (χ1n) is 10.1.